The molecule has 1 rings (SSSR count). The van der Waals surface area contributed by atoms with Crippen molar-refractivity contribution in [2.45, 2.75) is 0 Å². The first-order chi connectivity index (χ1) is 5.16. The number of terminal acetylenes is 1. The van der Waals surface area contributed by atoms with Crippen molar-refractivity contribution in [2.75, 3.05) is 0 Å². The normalized spacial score (nSPS) is 9.27. The van der Waals surface area contributed by atoms with Crippen molar-refractivity contribution in [3.63, 3.8) is 0 Å². The van der Waals surface area contributed by atoms with Gasteiger partial charge in [-0.3, -0.25) is 0 Å². The molecule has 0 N–H and O–H groups in total. The summed E-state index contributed by atoms with van der Waals surface area (Å²) in [6.07, 6.45) is 4.87. The second kappa shape index (κ2) is 3.02. The van der Waals surface area contributed by atoms with Crippen LogP contribution in [0.3, 0.4) is 0 Å². The lowest BCUT2D eigenvalue weighted by Crippen LogP contribution is -1.89. The Kier molecular flexibility index (Phi) is 2.25. The summed E-state index contributed by atoms with van der Waals surface area (Å²) in [7, 11) is 0. The Labute approximate surface area is 71.4 Å². The van der Waals surface area contributed by atoms with E-state index >= 15 is 0 Å². The molecule has 0 unspecified atom stereocenters. The van der Waals surface area contributed by atoms with Crippen LogP contribution in [0.5, 0.6) is 0 Å². The Bertz CT molecular complexity index is 326. The van der Waals surface area contributed by atoms with Gasteiger partial charge in [0.05, 0.1) is 10.0 Å². The average molecular weight is 217 g/mol. The molecule has 0 aromatic heterocycles. The SMILES string of the molecule is C#Cc1c(F)ccc(Br)c1F. The molecule has 0 atom stereocenters. The van der Waals surface area contributed by atoms with E-state index in [1.54, 1.807) is 0 Å². The first-order valence-electron chi connectivity index (χ1n) is 2.77. The van der Waals surface area contributed by atoms with E-state index in [2.05, 4.69) is 15.9 Å². The van der Waals surface area contributed by atoms with Gasteiger partial charge in [0.1, 0.15) is 5.82 Å². The molecule has 56 valence electrons. The first-order valence-corrected chi connectivity index (χ1v) is 3.56. The zero-order valence-corrected chi connectivity index (χ0v) is 6.95. The third kappa shape index (κ3) is 1.41. The number of hydrogen-bond acceptors (Lipinski definition) is 0. The first kappa shape index (κ1) is 8.22. The highest BCUT2D eigenvalue weighted by Gasteiger charge is 2.08. The molecule has 1 aromatic rings. The van der Waals surface area contributed by atoms with Crippen LogP contribution in [0.25, 0.3) is 0 Å². The second-order valence-corrected chi connectivity index (χ2v) is 2.72. The van der Waals surface area contributed by atoms with Crippen molar-refractivity contribution < 1.29 is 8.78 Å². The molecular formula is C8H3BrF2. The van der Waals surface area contributed by atoms with Gasteiger partial charge in [-0.1, -0.05) is 5.92 Å². The van der Waals surface area contributed by atoms with Crippen LogP contribution in [0.2, 0.25) is 0 Å². The molecule has 0 aliphatic carbocycles. The van der Waals surface area contributed by atoms with E-state index in [-0.39, 0.29) is 10.0 Å². The highest BCUT2D eigenvalue weighted by Crippen LogP contribution is 2.20. The standard InChI is InChI=1S/C8H3BrF2/c1-2-5-7(10)4-3-6(9)8(5)11/h1,3-4H. The summed E-state index contributed by atoms with van der Waals surface area (Å²) in [5.41, 5.74) is -0.334. The molecular weight excluding hydrogens is 214 g/mol. The summed E-state index contributed by atoms with van der Waals surface area (Å²) in [6.45, 7) is 0. The van der Waals surface area contributed by atoms with E-state index in [4.69, 9.17) is 6.42 Å². The third-order valence-corrected chi connectivity index (χ3v) is 1.80. The van der Waals surface area contributed by atoms with Crippen LogP contribution in [0.15, 0.2) is 16.6 Å². The largest absolute Gasteiger partial charge is 0.206 e. The van der Waals surface area contributed by atoms with Crippen molar-refractivity contribution >= 4 is 15.9 Å². The molecule has 0 amide bonds. The molecule has 0 saturated heterocycles. The minimum atomic E-state index is -0.729. The van der Waals surface area contributed by atoms with Gasteiger partial charge in [0, 0.05) is 0 Å². The minimum Gasteiger partial charge on any atom is -0.206 e. The summed E-state index contributed by atoms with van der Waals surface area (Å²) >= 11 is 2.88. The number of benzene rings is 1. The molecule has 0 saturated carbocycles. The maximum atomic E-state index is 12.8. The second-order valence-electron chi connectivity index (χ2n) is 1.86. The Balaban J connectivity index is 3.44. The summed E-state index contributed by atoms with van der Waals surface area (Å²) in [5, 5.41) is 0. The van der Waals surface area contributed by atoms with Crippen LogP contribution >= 0.6 is 15.9 Å². The fourth-order valence-corrected chi connectivity index (χ4v) is 0.990. The molecule has 11 heavy (non-hydrogen) atoms. The molecule has 0 aliphatic heterocycles. The summed E-state index contributed by atoms with van der Waals surface area (Å²) in [6, 6.07) is 2.38. The van der Waals surface area contributed by atoms with Gasteiger partial charge in [0.2, 0.25) is 0 Å². The van der Waals surface area contributed by atoms with Crippen LogP contribution in [-0.2, 0) is 0 Å². The van der Waals surface area contributed by atoms with Crippen molar-refractivity contribution in [2.24, 2.45) is 0 Å². The Morgan fingerprint density at radius 1 is 1.36 bits per heavy atom. The smallest absolute Gasteiger partial charge is 0.155 e. The van der Waals surface area contributed by atoms with Gasteiger partial charge in [0.25, 0.3) is 0 Å². The van der Waals surface area contributed by atoms with E-state index in [1.165, 1.54) is 6.07 Å². The van der Waals surface area contributed by atoms with Crippen LogP contribution in [0.4, 0.5) is 8.78 Å². The molecule has 0 fully saturated rings. The lowest BCUT2D eigenvalue weighted by molar-refractivity contribution is 0.573. The molecule has 0 radical (unpaired) electrons. The van der Waals surface area contributed by atoms with Gasteiger partial charge in [-0.15, -0.1) is 6.42 Å². The van der Waals surface area contributed by atoms with E-state index in [1.807, 2.05) is 5.92 Å². The molecule has 3 heteroatoms. The summed E-state index contributed by atoms with van der Waals surface area (Å²) in [5.74, 6) is 0.481. The molecule has 0 bridgehead atoms. The monoisotopic (exact) mass is 216 g/mol. The van der Waals surface area contributed by atoms with Crippen molar-refractivity contribution in [1.29, 1.82) is 0 Å². The van der Waals surface area contributed by atoms with Gasteiger partial charge in [0.15, 0.2) is 5.82 Å². The van der Waals surface area contributed by atoms with Crippen molar-refractivity contribution in [3.8, 4) is 12.3 Å². The fraction of sp³-hybridized carbons (Fsp3) is 0. The van der Waals surface area contributed by atoms with Gasteiger partial charge >= 0.3 is 0 Å². The van der Waals surface area contributed by atoms with E-state index < -0.39 is 11.6 Å². The zero-order chi connectivity index (χ0) is 8.43. The lowest BCUT2D eigenvalue weighted by atomic mass is 10.2. The number of hydrogen-bond donors (Lipinski definition) is 0. The highest BCUT2D eigenvalue weighted by atomic mass is 79.9. The maximum absolute atomic E-state index is 12.8. The molecule has 0 aliphatic rings. The zero-order valence-electron chi connectivity index (χ0n) is 5.37. The van der Waals surface area contributed by atoms with Crippen molar-refractivity contribution in [1.82, 2.24) is 0 Å². The Morgan fingerprint density at radius 3 is 2.45 bits per heavy atom. The van der Waals surface area contributed by atoms with Gasteiger partial charge in [-0.25, -0.2) is 8.78 Å². The molecule has 1 aromatic carbocycles. The van der Waals surface area contributed by atoms with E-state index in [0.29, 0.717) is 0 Å². The average Bonchev–Trinajstić information content (AvgIpc) is 1.99. The van der Waals surface area contributed by atoms with Gasteiger partial charge in [-0.2, -0.15) is 0 Å². The molecule has 0 heterocycles. The lowest BCUT2D eigenvalue weighted by Gasteiger charge is -1.97. The summed E-state index contributed by atoms with van der Waals surface area (Å²) in [4.78, 5) is 0. The fourth-order valence-electron chi connectivity index (χ4n) is 0.659. The predicted molar refractivity (Wildman–Crippen MR) is 42.0 cm³/mol. The number of halogens is 3. The van der Waals surface area contributed by atoms with Crippen LogP contribution in [-0.4, -0.2) is 0 Å². The maximum Gasteiger partial charge on any atom is 0.155 e. The third-order valence-electron chi connectivity index (χ3n) is 1.19. The van der Waals surface area contributed by atoms with Crippen LogP contribution in [0.1, 0.15) is 5.56 Å². The van der Waals surface area contributed by atoms with Gasteiger partial charge in [-0.05, 0) is 28.1 Å². The van der Waals surface area contributed by atoms with Crippen molar-refractivity contribution in [3.05, 3.63) is 33.8 Å². The quantitative estimate of drug-likeness (QED) is 0.463. The highest BCUT2D eigenvalue weighted by molar-refractivity contribution is 9.10. The predicted octanol–water partition coefficient (Wildman–Crippen LogP) is 2.71. The van der Waals surface area contributed by atoms with Crippen LogP contribution in [0, 0.1) is 24.0 Å². The Morgan fingerprint density at radius 2 is 2.00 bits per heavy atom. The van der Waals surface area contributed by atoms with Gasteiger partial charge < -0.3 is 0 Å². The molecule has 0 spiro atoms. The van der Waals surface area contributed by atoms with Crippen LogP contribution < -0.4 is 0 Å². The van der Waals surface area contributed by atoms with E-state index in [0.717, 1.165) is 6.07 Å². The molecule has 0 nitrogen and oxygen atoms in total. The van der Waals surface area contributed by atoms with E-state index in [9.17, 15) is 8.78 Å². The topological polar surface area (TPSA) is 0 Å². The number of rotatable bonds is 0. The minimum absolute atomic E-state index is 0.173. The Hall–Kier alpha value is -0.880. The summed E-state index contributed by atoms with van der Waals surface area (Å²) < 4.78 is 25.6.